The maximum atomic E-state index is 13.4. The number of rotatable bonds is 5. The predicted molar refractivity (Wildman–Crippen MR) is 64.0 cm³/mol. The number of aliphatic hydroxyl groups is 1. The number of halogens is 2. The van der Waals surface area contributed by atoms with E-state index in [9.17, 15) is 4.39 Å². The zero-order chi connectivity index (χ0) is 12.1. The van der Waals surface area contributed by atoms with E-state index in [4.69, 9.17) is 16.7 Å². The molecule has 2 nitrogen and oxygen atoms in total. The van der Waals surface area contributed by atoms with Crippen molar-refractivity contribution in [1.82, 2.24) is 5.32 Å². The predicted octanol–water partition coefficient (Wildman–Crippen LogP) is 2.59. The Balaban J connectivity index is 2.57. The van der Waals surface area contributed by atoms with Crippen LogP contribution in [0.25, 0.3) is 0 Å². The molecule has 1 aromatic rings. The Morgan fingerprint density at radius 1 is 1.44 bits per heavy atom. The molecule has 90 valence electrons. The summed E-state index contributed by atoms with van der Waals surface area (Å²) in [4.78, 5) is 0. The largest absolute Gasteiger partial charge is 0.396 e. The Morgan fingerprint density at radius 3 is 2.75 bits per heavy atom. The standard InChI is InChI=1S/C12H17ClFNO/c1-8(7-16)9(2)15-6-10-5-11(13)3-4-12(10)14/h3-5,8-9,15-16H,6-7H2,1-2H3. The zero-order valence-corrected chi connectivity index (χ0v) is 10.3. The van der Waals surface area contributed by atoms with Gasteiger partial charge in [-0.1, -0.05) is 18.5 Å². The Morgan fingerprint density at radius 2 is 2.12 bits per heavy atom. The molecule has 0 saturated carbocycles. The summed E-state index contributed by atoms with van der Waals surface area (Å²) in [7, 11) is 0. The first-order valence-corrected chi connectivity index (χ1v) is 5.70. The van der Waals surface area contributed by atoms with Gasteiger partial charge in [0.15, 0.2) is 0 Å². The van der Waals surface area contributed by atoms with E-state index in [1.54, 1.807) is 6.07 Å². The summed E-state index contributed by atoms with van der Waals surface area (Å²) in [6.45, 7) is 4.43. The van der Waals surface area contributed by atoms with E-state index in [1.165, 1.54) is 12.1 Å². The summed E-state index contributed by atoms with van der Waals surface area (Å²) in [5, 5.41) is 12.7. The highest BCUT2D eigenvalue weighted by atomic mass is 35.5. The molecule has 2 N–H and O–H groups in total. The maximum Gasteiger partial charge on any atom is 0.127 e. The molecule has 0 aromatic heterocycles. The van der Waals surface area contributed by atoms with E-state index >= 15 is 0 Å². The van der Waals surface area contributed by atoms with Crippen LogP contribution in [-0.4, -0.2) is 17.8 Å². The van der Waals surface area contributed by atoms with Gasteiger partial charge in [-0.15, -0.1) is 0 Å². The summed E-state index contributed by atoms with van der Waals surface area (Å²) in [6, 6.07) is 4.63. The topological polar surface area (TPSA) is 32.3 Å². The molecule has 2 atom stereocenters. The quantitative estimate of drug-likeness (QED) is 0.836. The molecule has 0 amide bonds. The highest BCUT2D eigenvalue weighted by Gasteiger charge is 2.11. The third kappa shape index (κ3) is 3.74. The number of hydrogen-bond acceptors (Lipinski definition) is 2. The fourth-order valence-corrected chi connectivity index (χ4v) is 1.50. The van der Waals surface area contributed by atoms with Gasteiger partial charge in [0, 0.05) is 29.8 Å². The summed E-state index contributed by atoms with van der Waals surface area (Å²) in [5.74, 6) is -0.122. The fourth-order valence-electron chi connectivity index (χ4n) is 1.31. The van der Waals surface area contributed by atoms with Gasteiger partial charge in [0.1, 0.15) is 5.82 Å². The number of hydrogen-bond donors (Lipinski definition) is 2. The lowest BCUT2D eigenvalue weighted by Crippen LogP contribution is -2.33. The van der Waals surface area contributed by atoms with Crippen LogP contribution in [0.1, 0.15) is 19.4 Å². The van der Waals surface area contributed by atoms with Crippen molar-refractivity contribution in [3.05, 3.63) is 34.6 Å². The minimum Gasteiger partial charge on any atom is -0.396 e. The van der Waals surface area contributed by atoms with Gasteiger partial charge in [0.25, 0.3) is 0 Å². The first-order chi connectivity index (χ1) is 7.54. The Labute approximate surface area is 100 Å². The summed E-state index contributed by atoms with van der Waals surface area (Å²) < 4.78 is 13.4. The minimum absolute atomic E-state index is 0.117. The summed E-state index contributed by atoms with van der Waals surface area (Å²) in [5.41, 5.74) is 0.546. The second kappa shape index (κ2) is 6.18. The normalized spacial score (nSPS) is 14.8. The SMILES string of the molecule is CC(CO)C(C)NCc1cc(Cl)ccc1F. The second-order valence-corrected chi connectivity index (χ2v) is 4.50. The molecule has 0 radical (unpaired) electrons. The molecule has 1 aromatic carbocycles. The molecule has 16 heavy (non-hydrogen) atoms. The maximum absolute atomic E-state index is 13.4. The Hall–Kier alpha value is -0.640. The third-order valence-corrected chi connectivity index (χ3v) is 3.00. The van der Waals surface area contributed by atoms with Gasteiger partial charge in [-0.2, -0.15) is 0 Å². The average Bonchev–Trinajstić information content (AvgIpc) is 2.28. The van der Waals surface area contributed by atoms with Gasteiger partial charge >= 0.3 is 0 Å². The van der Waals surface area contributed by atoms with E-state index in [0.29, 0.717) is 17.1 Å². The van der Waals surface area contributed by atoms with Crippen molar-refractivity contribution in [2.24, 2.45) is 5.92 Å². The van der Waals surface area contributed by atoms with Crippen LogP contribution in [0.4, 0.5) is 4.39 Å². The van der Waals surface area contributed by atoms with Crippen LogP contribution in [0.2, 0.25) is 5.02 Å². The van der Waals surface area contributed by atoms with Crippen LogP contribution in [0.3, 0.4) is 0 Å². The molecule has 0 fully saturated rings. The Kier molecular flexibility index (Phi) is 5.19. The molecule has 1 rings (SSSR count). The molecule has 2 unspecified atom stereocenters. The molecular weight excluding hydrogens is 229 g/mol. The van der Waals surface area contributed by atoms with E-state index in [2.05, 4.69) is 5.32 Å². The van der Waals surface area contributed by atoms with Crippen LogP contribution in [0.5, 0.6) is 0 Å². The van der Waals surface area contributed by atoms with Gasteiger partial charge in [0.2, 0.25) is 0 Å². The first-order valence-electron chi connectivity index (χ1n) is 5.32. The van der Waals surface area contributed by atoms with Crippen molar-refractivity contribution in [1.29, 1.82) is 0 Å². The number of aliphatic hydroxyl groups excluding tert-OH is 1. The van der Waals surface area contributed by atoms with Crippen molar-refractivity contribution in [2.45, 2.75) is 26.4 Å². The van der Waals surface area contributed by atoms with Crippen LogP contribution in [0.15, 0.2) is 18.2 Å². The van der Waals surface area contributed by atoms with Crippen molar-refractivity contribution < 1.29 is 9.50 Å². The van der Waals surface area contributed by atoms with Gasteiger partial charge in [-0.3, -0.25) is 0 Å². The van der Waals surface area contributed by atoms with E-state index in [1.807, 2.05) is 13.8 Å². The van der Waals surface area contributed by atoms with Crippen LogP contribution >= 0.6 is 11.6 Å². The molecular formula is C12H17ClFNO. The molecule has 0 bridgehead atoms. The molecule has 0 aliphatic carbocycles. The highest BCUT2D eigenvalue weighted by molar-refractivity contribution is 6.30. The smallest absolute Gasteiger partial charge is 0.127 e. The lowest BCUT2D eigenvalue weighted by Gasteiger charge is -2.19. The van der Waals surface area contributed by atoms with Crippen molar-refractivity contribution >= 4 is 11.6 Å². The third-order valence-electron chi connectivity index (χ3n) is 2.76. The van der Waals surface area contributed by atoms with Gasteiger partial charge < -0.3 is 10.4 Å². The zero-order valence-electron chi connectivity index (χ0n) is 9.50. The molecule has 0 spiro atoms. The summed E-state index contributed by atoms with van der Waals surface area (Å²) in [6.07, 6.45) is 0. The monoisotopic (exact) mass is 245 g/mol. The van der Waals surface area contributed by atoms with Crippen LogP contribution in [-0.2, 0) is 6.54 Å². The number of nitrogens with one attached hydrogen (secondary N) is 1. The van der Waals surface area contributed by atoms with Gasteiger partial charge in [-0.25, -0.2) is 4.39 Å². The lowest BCUT2D eigenvalue weighted by atomic mass is 10.0. The Bertz CT molecular complexity index is 346. The fraction of sp³-hybridized carbons (Fsp3) is 0.500. The van der Waals surface area contributed by atoms with Crippen molar-refractivity contribution in [3.8, 4) is 0 Å². The van der Waals surface area contributed by atoms with E-state index in [-0.39, 0.29) is 24.4 Å². The van der Waals surface area contributed by atoms with Crippen molar-refractivity contribution in [2.75, 3.05) is 6.61 Å². The highest BCUT2D eigenvalue weighted by Crippen LogP contribution is 2.15. The van der Waals surface area contributed by atoms with E-state index in [0.717, 1.165) is 0 Å². The van der Waals surface area contributed by atoms with Crippen LogP contribution < -0.4 is 5.32 Å². The average molecular weight is 246 g/mol. The minimum atomic E-state index is -0.263. The molecule has 0 saturated heterocycles. The molecule has 4 heteroatoms. The summed E-state index contributed by atoms with van der Waals surface area (Å²) >= 11 is 5.79. The first kappa shape index (κ1) is 13.4. The second-order valence-electron chi connectivity index (χ2n) is 4.07. The van der Waals surface area contributed by atoms with Crippen molar-refractivity contribution in [3.63, 3.8) is 0 Å². The molecule has 0 heterocycles. The van der Waals surface area contributed by atoms with Crippen LogP contribution in [0, 0.1) is 11.7 Å². The lowest BCUT2D eigenvalue weighted by molar-refractivity contribution is 0.207. The van der Waals surface area contributed by atoms with Gasteiger partial charge in [-0.05, 0) is 31.0 Å². The molecule has 0 aliphatic heterocycles. The number of benzene rings is 1. The molecule has 0 aliphatic rings. The van der Waals surface area contributed by atoms with Gasteiger partial charge in [0.05, 0.1) is 0 Å². The van der Waals surface area contributed by atoms with E-state index < -0.39 is 0 Å².